The number of allylic oxidation sites excluding steroid dienone is 4. The number of epoxide rings is 2. The largest absolute Gasteiger partial charge is 0.367 e. The monoisotopic (exact) mass is 588 g/mol. The summed E-state index contributed by atoms with van der Waals surface area (Å²) in [4.78, 5) is 0. The summed E-state index contributed by atoms with van der Waals surface area (Å²) in [7, 11) is 0. The molecule has 2 aliphatic rings. The van der Waals surface area contributed by atoms with Gasteiger partial charge in [-0.2, -0.15) is 0 Å². The lowest BCUT2D eigenvalue weighted by Crippen LogP contribution is -2.12. The van der Waals surface area contributed by atoms with Crippen LogP contribution in [0, 0.1) is 5.92 Å². The normalized spacial score (nSPS) is 29.4. The second kappa shape index (κ2) is 10.8. The van der Waals surface area contributed by atoms with E-state index < -0.39 is 0 Å². The minimum absolute atomic E-state index is 0. The Morgan fingerprint density at radius 2 is 1.67 bits per heavy atom. The van der Waals surface area contributed by atoms with Crippen molar-refractivity contribution in [2.75, 3.05) is 0 Å². The first-order valence-electron chi connectivity index (χ1n) is 11.3. The van der Waals surface area contributed by atoms with Gasteiger partial charge in [0.1, 0.15) is 0 Å². The van der Waals surface area contributed by atoms with Crippen molar-refractivity contribution >= 4 is 0 Å². The van der Waals surface area contributed by atoms with E-state index in [9.17, 15) is 0 Å². The highest BCUT2D eigenvalue weighted by Crippen LogP contribution is 2.45. The third kappa shape index (κ3) is 7.74. The molecule has 2 aliphatic heterocycles. The van der Waals surface area contributed by atoms with Crippen molar-refractivity contribution in [3.05, 3.63) is 23.3 Å². The van der Waals surface area contributed by atoms with Crippen molar-refractivity contribution in [2.45, 2.75) is 131 Å². The lowest BCUT2D eigenvalue weighted by atomic mass is 9.91. The Morgan fingerprint density at radius 1 is 1.04 bits per heavy atom. The molecule has 0 aliphatic carbocycles. The Kier molecular flexibility index (Phi) is 9.79. The average molecular weight is 588 g/mol. The highest BCUT2D eigenvalue weighted by molar-refractivity contribution is 5.08. The van der Waals surface area contributed by atoms with Gasteiger partial charge in [-0.1, -0.05) is 57.9 Å². The third-order valence-corrected chi connectivity index (χ3v) is 6.24. The molecule has 0 saturated carbocycles. The van der Waals surface area contributed by atoms with Crippen molar-refractivity contribution in [1.82, 2.24) is 0 Å². The molecule has 2 fully saturated rings. The fourth-order valence-corrected chi connectivity index (χ4v) is 4.11. The van der Waals surface area contributed by atoms with Crippen molar-refractivity contribution in [2.24, 2.45) is 5.92 Å². The van der Waals surface area contributed by atoms with Gasteiger partial charge in [-0.3, -0.25) is 0 Å². The zero-order valence-corrected chi connectivity index (χ0v) is 19.7. The highest BCUT2D eigenvalue weighted by atomic mass is 16.6. The van der Waals surface area contributed by atoms with E-state index in [4.69, 9.17) is 9.47 Å². The van der Waals surface area contributed by atoms with Gasteiger partial charge >= 0.3 is 0 Å². The first kappa shape index (κ1) is 24.4. The summed E-state index contributed by atoms with van der Waals surface area (Å²) in [5.74, 6) is 0.687. The lowest BCUT2D eigenvalue weighted by Gasteiger charge is -2.13. The summed E-state index contributed by atoms with van der Waals surface area (Å²) in [6.45, 7) is 19.9. The summed E-state index contributed by atoms with van der Waals surface area (Å²) < 4.78 is 11.4. The van der Waals surface area contributed by atoms with E-state index in [1.54, 1.807) is 5.57 Å². The van der Waals surface area contributed by atoms with E-state index in [0.717, 1.165) is 6.42 Å². The zero-order valence-electron chi connectivity index (χ0n) is 19.7. The van der Waals surface area contributed by atoms with E-state index in [2.05, 4.69) is 74.5 Å². The van der Waals surface area contributed by atoms with E-state index in [1.807, 2.05) is 0 Å². The maximum Gasteiger partial charge on any atom is 0.0948 e. The van der Waals surface area contributed by atoms with Crippen molar-refractivity contribution in [3.8, 4) is 0 Å². The van der Waals surface area contributed by atoms with Gasteiger partial charge in [0, 0.05) is 148 Å². The molecule has 0 radical (unpaired) electrons. The molecule has 2 rings (SSSR count). The van der Waals surface area contributed by atoms with E-state index in [0.29, 0.717) is 18.1 Å². The smallest absolute Gasteiger partial charge is 0.0948 e. The minimum Gasteiger partial charge on any atom is -0.367 e. The molecule has 4 atom stereocenters. The molecule has 0 aromatic rings. The van der Waals surface area contributed by atoms with Gasteiger partial charge in [0.25, 0.3) is 0 Å². The molecule has 2 heterocycles. The number of hydrogen-bond acceptors (Lipinski definition) is 2. The van der Waals surface area contributed by atoms with Crippen LogP contribution in [0.3, 0.4) is 0 Å². The second-order valence-corrected chi connectivity index (χ2v) is 9.14. The van der Waals surface area contributed by atoms with Crippen LogP contribution in [-0.4, -0.2) is 23.4 Å². The van der Waals surface area contributed by atoms with E-state index in [-0.39, 0.29) is 160 Å². The highest BCUT2D eigenvalue weighted by Gasteiger charge is 2.52. The first-order valence-corrected chi connectivity index (χ1v) is 11.3. The minimum atomic E-state index is 0. The Hall–Kier alpha value is -0.600. The molecular weight excluding hydrogens is 332 g/mol. The molecule has 366 valence electrons. The quantitative estimate of drug-likeness (QED) is 0.187. The van der Waals surface area contributed by atoms with Crippen molar-refractivity contribution < 1.29 is 158 Å². The maximum absolute atomic E-state index is 5.76. The SMILES string of the molecule is CC/C=C(\CC)C(C)CC1OC1(C)C.CCC1OC1(CC)CCC=C(C)C.[HH].[HH].[HH].[HH].[HH].[HH].[HH].[HH].[HH].[HH].[HH].[HH].[HH].[HH].[HH].[HH].[HH].[HH].[HH].[HH].[HH].[HH].[HH].[HH].[HH].[HH].[HH].[HH].[HH].[HH].[HH].[HH].[HH].[HH].[HH].[HH].[HH].[HH].[HH].[HH].[HH].[HH].[HH].[HH].[HH].[HH].[HH].[HH].[HH].[HH].[HH].[HH].[HH].[HH].[HH].[HH].[HH].[HH].[HH].[HH].[HH].[HH].[HH].[HH].[HH].[HH].[HH].[HH].[HH].[HH].[HH].[HH].[HH].[HH].[HH].[HH].[HH].[HH].[HH].[HH].[HH].[HH].[HH].[HH].[HH].[HH].[HH].[HH].[HH].[HH].[HH].[HH].[HH].[HH].[HH].[HH].[HH].[HH].[HH].[HH].[HH].[HH].[HH].[HH]. The van der Waals surface area contributed by atoms with Gasteiger partial charge in [0.2, 0.25) is 0 Å². The fraction of sp³-hybridized carbons (Fsp3) is 0.840. The van der Waals surface area contributed by atoms with Crippen LogP contribution >= 0.6 is 0 Å². The summed E-state index contributed by atoms with van der Waals surface area (Å²) in [5, 5.41) is 0. The van der Waals surface area contributed by atoms with Crippen LogP contribution in [0.1, 0.15) is 256 Å². The standard InChI is InChI=1S/C13H24O.C12H22O.104H2/c1-6-8-11(7-2)10(3)9-12-13(4,5)14-12;1-5-11-12(6-2,13-11)9-7-8-10(3)4;;;;;;;;;;;;;;;;;;;;;;;;;;;;;;;;;;;;;;;;;;;;;;;;;;;;;;;;;;;;;;;;;;;;;;;;;;;;;;;;;;;;;;;;;;;;;;;;;;;;;;;;/h8,10,12H,6-7,9H2,1-5H3;8,11H,5-7,9H2,1-4H3;104*1H/b11-8+;;;;;;;;;;;;;;;;;;;;;;;;;;;;;;;;;;;;;;;;;;;;;;;;;;;;;;;;;;;;;;;;;;;;;;;;;;;;;;;;;;;;;;;;;;;;;;;;;;;;;;;;;. The molecule has 0 bridgehead atoms. The maximum atomic E-state index is 5.76. The van der Waals surface area contributed by atoms with Gasteiger partial charge in [-0.05, 0) is 78.6 Å². The van der Waals surface area contributed by atoms with E-state index in [1.165, 1.54) is 44.1 Å². The molecule has 0 aromatic heterocycles. The zero-order chi connectivity index (χ0) is 20.7. The van der Waals surface area contributed by atoms with Gasteiger partial charge in [0.05, 0.1) is 23.4 Å². The summed E-state index contributed by atoms with van der Waals surface area (Å²) in [5.41, 5.74) is 3.42. The van der Waals surface area contributed by atoms with Crippen molar-refractivity contribution in [1.29, 1.82) is 0 Å². The molecule has 27 heavy (non-hydrogen) atoms. The van der Waals surface area contributed by atoms with Crippen LogP contribution in [0.15, 0.2) is 23.3 Å². The molecule has 4 unspecified atom stereocenters. The topological polar surface area (TPSA) is 25.1 Å². The predicted octanol–water partition coefficient (Wildman–Crippen LogP) is 33.2. The number of ether oxygens (including phenoxy) is 2. The molecule has 2 heteroatoms. The van der Waals surface area contributed by atoms with Crippen LogP contribution in [-0.2, 0) is 9.47 Å². The number of hydrogen-bond donors (Lipinski definition) is 0. The third-order valence-electron chi connectivity index (χ3n) is 6.24. The predicted molar refractivity (Wildman–Crippen MR) is 338 cm³/mol. The lowest BCUT2D eigenvalue weighted by molar-refractivity contribution is 0.273. The van der Waals surface area contributed by atoms with Gasteiger partial charge in [-0.15, -0.1) is 0 Å². The Bertz CT molecular complexity index is 595. The molecule has 2 saturated heterocycles. The van der Waals surface area contributed by atoms with Crippen LogP contribution in [0.5, 0.6) is 0 Å². The molecule has 0 amide bonds. The fourth-order valence-electron chi connectivity index (χ4n) is 4.11. The van der Waals surface area contributed by atoms with E-state index >= 15 is 0 Å². The Labute approximate surface area is 324 Å². The first-order chi connectivity index (χ1) is 12.7. The van der Waals surface area contributed by atoms with Crippen LogP contribution in [0.4, 0.5) is 0 Å². The van der Waals surface area contributed by atoms with Crippen LogP contribution < -0.4 is 0 Å². The van der Waals surface area contributed by atoms with Crippen molar-refractivity contribution in [3.63, 3.8) is 0 Å². The summed E-state index contributed by atoms with van der Waals surface area (Å²) in [6.07, 6.45) is 14.0. The molecule has 2 nitrogen and oxygen atoms in total. The Morgan fingerprint density at radius 3 is 2.04 bits per heavy atom. The second-order valence-electron chi connectivity index (χ2n) is 9.14. The molecule has 0 aromatic carbocycles. The van der Waals surface area contributed by atoms with Gasteiger partial charge in [0.15, 0.2) is 0 Å². The summed E-state index contributed by atoms with van der Waals surface area (Å²) >= 11 is 0. The number of rotatable bonds is 10. The molecular formula is C25H254O2. The van der Waals surface area contributed by atoms with Crippen LogP contribution in [0.2, 0.25) is 0 Å². The van der Waals surface area contributed by atoms with Crippen LogP contribution in [0.25, 0.3) is 0 Å². The van der Waals surface area contributed by atoms with Gasteiger partial charge in [-0.25, -0.2) is 0 Å². The molecule has 0 N–H and O–H groups in total. The molecule has 0 spiro atoms. The Balaban J connectivity index is -0.000000000608. The van der Waals surface area contributed by atoms with Gasteiger partial charge < -0.3 is 9.47 Å². The average Bonchev–Trinajstić information content (AvgIpc) is 3.48. The summed E-state index contributed by atoms with van der Waals surface area (Å²) in [6, 6.07) is 0.